The van der Waals surface area contributed by atoms with Crippen molar-refractivity contribution in [2.45, 2.75) is 11.8 Å². The van der Waals surface area contributed by atoms with Crippen molar-refractivity contribution >= 4 is 21.7 Å². The fourth-order valence-corrected chi connectivity index (χ4v) is 1.29. The van der Waals surface area contributed by atoms with Gasteiger partial charge in [-0.2, -0.15) is 5.26 Å². The number of nitrogens with two attached hydrogens (primary N) is 1. The van der Waals surface area contributed by atoms with Crippen LogP contribution in [-0.2, 0) is 5.33 Å². The first-order valence-electron chi connectivity index (χ1n) is 3.63. The topological polar surface area (TPSA) is 62.7 Å². The van der Waals surface area contributed by atoms with Crippen LogP contribution in [0.3, 0.4) is 0 Å². The zero-order valence-corrected chi connectivity index (χ0v) is 8.55. The number of aromatic nitrogens is 1. The van der Waals surface area contributed by atoms with Crippen LogP contribution in [0.5, 0.6) is 0 Å². The summed E-state index contributed by atoms with van der Waals surface area (Å²) in [5.74, 6) is -0.153. The molecule has 0 bridgehead atoms. The van der Waals surface area contributed by atoms with Gasteiger partial charge in [0, 0.05) is 10.9 Å². The summed E-state index contributed by atoms with van der Waals surface area (Å²) in [6.07, 6.45) is -2.72. The Morgan fingerprint density at radius 3 is 2.71 bits per heavy atom. The summed E-state index contributed by atoms with van der Waals surface area (Å²) < 4.78 is 24.9. The highest BCUT2D eigenvalue weighted by atomic mass is 79.9. The lowest BCUT2D eigenvalue weighted by Gasteiger charge is -2.06. The van der Waals surface area contributed by atoms with Gasteiger partial charge in [-0.15, -0.1) is 0 Å². The molecule has 0 aromatic carbocycles. The number of hydrogen-bond donors (Lipinski definition) is 1. The van der Waals surface area contributed by atoms with Crippen molar-refractivity contribution in [1.29, 1.82) is 5.26 Å². The molecule has 0 aliphatic carbocycles. The zero-order chi connectivity index (χ0) is 10.7. The van der Waals surface area contributed by atoms with Crippen molar-refractivity contribution in [3.05, 3.63) is 22.9 Å². The van der Waals surface area contributed by atoms with Crippen molar-refractivity contribution in [3.8, 4) is 6.07 Å². The van der Waals surface area contributed by atoms with Gasteiger partial charge in [0.05, 0.1) is 5.69 Å². The molecule has 0 radical (unpaired) electrons. The normalized spacial score (nSPS) is 10.2. The number of hydrogen-bond acceptors (Lipinski definition) is 3. The van der Waals surface area contributed by atoms with E-state index in [4.69, 9.17) is 11.0 Å². The fraction of sp³-hybridized carbons (Fsp3) is 0.250. The number of rotatable bonds is 2. The highest BCUT2D eigenvalue weighted by Crippen LogP contribution is 2.26. The first-order chi connectivity index (χ1) is 6.60. The predicted octanol–water partition coefficient (Wildman–Crippen LogP) is 2.37. The molecule has 1 aromatic rings. The molecular weight excluding hydrogens is 256 g/mol. The maximum absolute atomic E-state index is 12.5. The van der Waals surface area contributed by atoms with E-state index in [-0.39, 0.29) is 16.9 Å². The third-order valence-corrected chi connectivity index (χ3v) is 2.19. The summed E-state index contributed by atoms with van der Waals surface area (Å²) in [4.78, 5) is 3.78. The molecule has 0 saturated carbocycles. The maximum Gasteiger partial charge on any atom is 0.265 e. The molecule has 0 fully saturated rings. The predicted molar refractivity (Wildman–Crippen MR) is 51.0 cm³/mol. The lowest BCUT2D eigenvalue weighted by atomic mass is 10.1. The molecule has 0 amide bonds. The number of halogens is 3. The third-order valence-electron chi connectivity index (χ3n) is 1.61. The van der Waals surface area contributed by atoms with E-state index in [1.807, 2.05) is 0 Å². The van der Waals surface area contributed by atoms with Gasteiger partial charge in [0.1, 0.15) is 17.5 Å². The monoisotopic (exact) mass is 261 g/mol. The van der Waals surface area contributed by atoms with Crippen LogP contribution in [0.4, 0.5) is 14.6 Å². The van der Waals surface area contributed by atoms with Crippen LogP contribution in [0.15, 0.2) is 6.07 Å². The quantitative estimate of drug-likeness (QED) is 0.832. The number of anilines is 1. The summed E-state index contributed by atoms with van der Waals surface area (Å²) in [5.41, 5.74) is 5.13. The van der Waals surface area contributed by atoms with Gasteiger partial charge in [0.2, 0.25) is 0 Å². The van der Waals surface area contributed by atoms with Gasteiger partial charge >= 0.3 is 0 Å². The minimum atomic E-state index is -2.72. The summed E-state index contributed by atoms with van der Waals surface area (Å²) in [6.45, 7) is 0. The SMILES string of the molecule is N#Cc1c(C(F)F)cc(CBr)nc1N. The number of nitrogen functional groups attached to an aromatic ring is 1. The van der Waals surface area contributed by atoms with Crippen LogP contribution in [0.25, 0.3) is 0 Å². The van der Waals surface area contributed by atoms with E-state index in [2.05, 4.69) is 20.9 Å². The first-order valence-corrected chi connectivity index (χ1v) is 4.75. The molecule has 0 spiro atoms. The van der Waals surface area contributed by atoms with Crippen LogP contribution in [0.1, 0.15) is 23.2 Å². The first kappa shape index (κ1) is 10.9. The second kappa shape index (κ2) is 4.33. The van der Waals surface area contributed by atoms with Gasteiger partial charge in [-0.05, 0) is 6.07 Å². The van der Waals surface area contributed by atoms with Crippen molar-refractivity contribution < 1.29 is 8.78 Å². The van der Waals surface area contributed by atoms with Crippen molar-refractivity contribution in [2.24, 2.45) is 0 Å². The molecule has 0 unspecified atom stereocenters. The van der Waals surface area contributed by atoms with E-state index in [1.165, 1.54) is 6.07 Å². The second-order valence-corrected chi connectivity index (χ2v) is 3.07. The summed E-state index contributed by atoms with van der Waals surface area (Å²) in [6, 6.07) is 2.79. The average Bonchev–Trinajstić information content (AvgIpc) is 2.16. The van der Waals surface area contributed by atoms with Gasteiger partial charge in [0.25, 0.3) is 6.43 Å². The molecule has 74 valence electrons. The molecule has 3 nitrogen and oxygen atoms in total. The Bertz CT molecular complexity index is 387. The van der Waals surface area contributed by atoms with Gasteiger partial charge < -0.3 is 5.73 Å². The van der Waals surface area contributed by atoms with Crippen LogP contribution in [0.2, 0.25) is 0 Å². The third kappa shape index (κ3) is 1.99. The standard InChI is InChI=1S/C8H6BrF2N3/c9-2-4-1-5(7(10)11)6(3-12)8(13)14-4/h1,7H,2H2,(H2,13,14). The van der Waals surface area contributed by atoms with E-state index >= 15 is 0 Å². The zero-order valence-electron chi connectivity index (χ0n) is 6.97. The van der Waals surface area contributed by atoms with E-state index in [0.717, 1.165) is 0 Å². The van der Waals surface area contributed by atoms with Gasteiger partial charge in [0.15, 0.2) is 0 Å². The number of pyridine rings is 1. The molecule has 14 heavy (non-hydrogen) atoms. The Kier molecular flexibility index (Phi) is 3.36. The Hall–Kier alpha value is -1.22. The van der Waals surface area contributed by atoms with Crippen LogP contribution in [0, 0.1) is 11.3 Å². The molecule has 1 heterocycles. The Balaban J connectivity index is 3.37. The second-order valence-electron chi connectivity index (χ2n) is 2.51. The lowest BCUT2D eigenvalue weighted by molar-refractivity contribution is 0.151. The Morgan fingerprint density at radius 1 is 1.64 bits per heavy atom. The van der Waals surface area contributed by atoms with Crippen LogP contribution in [-0.4, -0.2) is 4.98 Å². The molecule has 0 aliphatic heterocycles. The molecule has 2 N–H and O–H groups in total. The number of nitrogens with zero attached hydrogens (tertiary/aromatic N) is 2. The highest BCUT2D eigenvalue weighted by Gasteiger charge is 2.17. The molecule has 6 heteroatoms. The Labute approximate surface area is 87.7 Å². The summed E-state index contributed by atoms with van der Waals surface area (Å²) in [7, 11) is 0. The fourth-order valence-electron chi connectivity index (χ4n) is 1.00. The average molecular weight is 262 g/mol. The minimum Gasteiger partial charge on any atom is -0.383 e. The largest absolute Gasteiger partial charge is 0.383 e. The van der Waals surface area contributed by atoms with Crippen molar-refractivity contribution in [1.82, 2.24) is 4.98 Å². The number of nitriles is 1. The van der Waals surface area contributed by atoms with Gasteiger partial charge in [-0.1, -0.05) is 15.9 Å². The molecule has 0 aliphatic rings. The molecule has 0 atom stereocenters. The van der Waals surface area contributed by atoms with Gasteiger partial charge in [-0.3, -0.25) is 0 Å². The maximum atomic E-state index is 12.5. The van der Waals surface area contributed by atoms with Crippen molar-refractivity contribution in [2.75, 3.05) is 5.73 Å². The molecule has 1 rings (SSSR count). The highest BCUT2D eigenvalue weighted by molar-refractivity contribution is 9.08. The van der Waals surface area contributed by atoms with Crippen LogP contribution < -0.4 is 5.73 Å². The summed E-state index contributed by atoms with van der Waals surface area (Å²) >= 11 is 3.08. The smallest absolute Gasteiger partial charge is 0.265 e. The van der Waals surface area contributed by atoms with E-state index in [1.54, 1.807) is 6.07 Å². The summed E-state index contributed by atoms with van der Waals surface area (Å²) in [5, 5.41) is 8.92. The minimum absolute atomic E-state index is 0.153. The van der Waals surface area contributed by atoms with Crippen LogP contribution >= 0.6 is 15.9 Å². The van der Waals surface area contributed by atoms with E-state index < -0.39 is 6.43 Å². The molecule has 0 saturated heterocycles. The van der Waals surface area contributed by atoms with Crippen molar-refractivity contribution in [3.63, 3.8) is 0 Å². The van der Waals surface area contributed by atoms with E-state index in [0.29, 0.717) is 11.0 Å². The number of alkyl halides is 3. The van der Waals surface area contributed by atoms with Gasteiger partial charge in [-0.25, -0.2) is 13.8 Å². The molecule has 1 aromatic heterocycles. The van der Waals surface area contributed by atoms with E-state index in [9.17, 15) is 8.78 Å². The lowest BCUT2D eigenvalue weighted by Crippen LogP contribution is -2.03. The Morgan fingerprint density at radius 2 is 2.29 bits per heavy atom. The molecular formula is C8H6BrF2N3.